The Morgan fingerprint density at radius 3 is 1.25 bits per heavy atom. The number of rotatable bonds is 22. The van der Waals surface area contributed by atoms with Crippen molar-refractivity contribution in [2.75, 3.05) is 60.6 Å². The van der Waals surface area contributed by atoms with Gasteiger partial charge in [0.05, 0.1) is 32.7 Å². The van der Waals surface area contributed by atoms with Crippen LogP contribution >= 0.6 is 0 Å². The largest absolute Gasteiger partial charge is 0.481 e. The van der Waals surface area contributed by atoms with Gasteiger partial charge in [0.15, 0.2) is 11.2 Å². The second-order valence-electron chi connectivity index (χ2n) is 27.7. The number of pyridine rings is 2. The van der Waals surface area contributed by atoms with Crippen LogP contribution in [0.15, 0.2) is 130 Å². The number of esters is 1. The highest BCUT2D eigenvalue weighted by atomic mass is 19.3. The number of hydrogen-bond acceptors (Lipinski definition) is 17. The monoisotopic (exact) mass is 1420 g/mol. The van der Waals surface area contributed by atoms with Crippen LogP contribution in [0.4, 0.5) is 17.6 Å². The maximum absolute atomic E-state index is 13.5. The highest BCUT2D eigenvalue weighted by Gasteiger charge is 2.35. The second kappa shape index (κ2) is 32.1. The summed E-state index contributed by atoms with van der Waals surface area (Å²) in [6, 6.07) is 37.8. The number of carboxylic acid groups (broad SMARTS) is 1. The fourth-order valence-electron chi connectivity index (χ4n) is 15.4. The number of oxazole rings is 2. The molecular weight excluding hydrogens is 1340 g/mol. The fraction of sp³-hybridized carbons (Fsp3) is 0.383. The number of likely N-dealkylation sites (tertiary alicyclic amines) is 4. The number of aromatic nitrogens is 4. The maximum atomic E-state index is 13.5. The minimum absolute atomic E-state index is 0. The molecule has 10 aromatic rings. The molecule has 0 saturated carbocycles. The number of carboxylic acids is 1. The van der Waals surface area contributed by atoms with Gasteiger partial charge in [-0.2, -0.15) is 17.6 Å². The number of halogens is 4. The average molecular weight is 1430 g/mol. The first-order valence-corrected chi connectivity index (χ1v) is 35.2. The van der Waals surface area contributed by atoms with E-state index in [-0.39, 0.29) is 36.0 Å². The maximum Gasteiger partial charge on any atom is 0.387 e. The summed E-state index contributed by atoms with van der Waals surface area (Å²) in [5.41, 5.74) is 18.0. The summed E-state index contributed by atoms with van der Waals surface area (Å²) in [6.45, 7) is 14.2. The van der Waals surface area contributed by atoms with Crippen molar-refractivity contribution >= 4 is 34.1 Å². The smallest absolute Gasteiger partial charge is 0.387 e. The molecule has 19 nitrogen and oxygen atoms in total. The summed E-state index contributed by atoms with van der Waals surface area (Å²) in [5, 5.41) is 9.65. The van der Waals surface area contributed by atoms with Gasteiger partial charge in [-0.15, -0.1) is 0 Å². The average Bonchev–Trinajstić information content (AvgIpc) is 1.52. The lowest BCUT2D eigenvalue weighted by atomic mass is 9.90. The number of alkyl halides is 4. The fourth-order valence-corrected chi connectivity index (χ4v) is 15.4. The van der Waals surface area contributed by atoms with Gasteiger partial charge in [-0.25, -0.2) is 19.9 Å². The normalized spacial score (nSPS) is 18.0. The molecule has 0 radical (unpaired) electrons. The molecular formula is C81H88F4N8O11. The van der Waals surface area contributed by atoms with Crippen LogP contribution in [0.2, 0.25) is 0 Å². The minimum Gasteiger partial charge on any atom is -0.481 e. The van der Waals surface area contributed by atoms with Crippen LogP contribution in [0.3, 0.4) is 0 Å². The summed E-state index contributed by atoms with van der Waals surface area (Å²) in [6.07, 6.45) is 5.08. The molecule has 14 rings (SSSR count). The summed E-state index contributed by atoms with van der Waals surface area (Å²) in [5.74, 6) is 2.06. The zero-order valence-electron chi connectivity index (χ0n) is 60.0. The molecule has 104 heavy (non-hydrogen) atoms. The van der Waals surface area contributed by atoms with E-state index in [0.29, 0.717) is 101 Å². The number of carbonyl (C=O) groups excluding carboxylic acids is 1. The van der Waals surface area contributed by atoms with E-state index in [1.165, 1.54) is 32.1 Å². The number of nitrogens with zero attached hydrogens (tertiary/aromatic N) is 8. The van der Waals surface area contributed by atoms with Gasteiger partial charge in [0.2, 0.25) is 23.5 Å². The van der Waals surface area contributed by atoms with Crippen LogP contribution in [-0.2, 0) is 40.5 Å². The SMILES string of the molecule is COC(=O)[C@@H]1CCCN1Cc1cc2nc(-c3cccc(-c4cccc(-c5ccc(CN6CC[C@H](C)C6)c(OC)n5)c4C)c3C)oc2cc1OC(F)F.COc1nc(-c2cccc(-c3cccc(-c4nc5cc(CN6CCC[C@H]6C(=O)O)c(OC(F)F)cc5o4)c3C)c2C)ccc1CN1CC[C@H](C)C1.O. The van der Waals surface area contributed by atoms with Crippen molar-refractivity contribution in [3.8, 4) is 90.9 Å². The molecule has 4 aromatic heterocycles. The zero-order chi connectivity index (χ0) is 72.3. The van der Waals surface area contributed by atoms with Crippen molar-refractivity contribution < 1.29 is 70.3 Å². The van der Waals surface area contributed by atoms with Gasteiger partial charge in [-0.3, -0.25) is 29.2 Å². The molecule has 4 atom stereocenters. The van der Waals surface area contributed by atoms with Crippen molar-refractivity contribution in [3.05, 3.63) is 166 Å². The van der Waals surface area contributed by atoms with Crippen LogP contribution in [0, 0.1) is 39.5 Å². The predicted molar refractivity (Wildman–Crippen MR) is 390 cm³/mol. The van der Waals surface area contributed by atoms with Crippen molar-refractivity contribution in [1.82, 2.24) is 39.5 Å². The lowest BCUT2D eigenvalue weighted by Gasteiger charge is -2.23. The van der Waals surface area contributed by atoms with E-state index in [1.54, 1.807) is 31.3 Å². The van der Waals surface area contributed by atoms with Crippen molar-refractivity contribution in [2.45, 2.75) is 132 Å². The third kappa shape index (κ3) is 15.8. The summed E-state index contributed by atoms with van der Waals surface area (Å²) < 4.78 is 92.7. The van der Waals surface area contributed by atoms with Gasteiger partial charge in [0.25, 0.3) is 0 Å². The Morgan fingerprint density at radius 1 is 0.490 bits per heavy atom. The number of aliphatic carboxylic acids is 1. The lowest BCUT2D eigenvalue weighted by Crippen LogP contribution is -2.36. The van der Waals surface area contributed by atoms with E-state index >= 15 is 0 Å². The van der Waals surface area contributed by atoms with Gasteiger partial charge in [-0.1, -0.05) is 86.6 Å². The molecule has 0 amide bonds. The number of hydrogen-bond donors (Lipinski definition) is 1. The molecule has 546 valence electrons. The lowest BCUT2D eigenvalue weighted by molar-refractivity contribution is -0.146. The molecule has 0 spiro atoms. The Bertz CT molecular complexity index is 4780. The summed E-state index contributed by atoms with van der Waals surface area (Å²) in [4.78, 5) is 52.2. The van der Waals surface area contributed by atoms with Crippen LogP contribution in [0.1, 0.15) is 96.9 Å². The minimum atomic E-state index is -3.05. The number of fused-ring (bicyclic) bond motifs is 2. The van der Waals surface area contributed by atoms with Gasteiger partial charge < -0.3 is 43.1 Å². The van der Waals surface area contributed by atoms with E-state index in [4.69, 9.17) is 52.5 Å². The van der Waals surface area contributed by atoms with Crippen molar-refractivity contribution in [3.63, 3.8) is 0 Å². The quantitative estimate of drug-likeness (QED) is 0.0492. The Labute approximate surface area is 602 Å². The van der Waals surface area contributed by atoms with Gasteiger partial charge in [-0.05, 0) is 185 Å². The van der Waals surface area contributed by atoms with E-state index in [0.717, 1.165) is 135 Å². The summed E-state index contributed by atoms with van der Waals surface area (Å²) >= 11 is 0. The van der Waals surface area contributed by atoms with E-state index < -0.39 is 31.3 Å². The number of ether oxygens (including phenoxy) is 5. The van der Waals surface area contributed by atoms with Crippen molar-refractivity contribution in [2.24, 2.45) is 11.8 Å². The number of methoxy groups -OCH3 is 3. The zero-order valence-corrected chi connectivity index (χ0v) is 60.0. The van der Waals surface area contributed by atoms with Crippen LogP contribution in [0.5, 0.6) is 23.3 Å². The van der Waals surface area contributed by atoms with Crippen LogP contribution in [0.25, 0.3) is 89.9 Å². The Morgan fingerprint density at radius 2 is 0.875 bits per heavy atom. The molecule has 0 unspecified atom stereocenters. The first-order chi connectivity index (χ1) is 49.7. The van der Waals surface area contributed by atoms with Gasteiger partial charge in [0.1, 0.15) is 34.6 Å². The van der Waals surface area contributed by atoms with Crippen molar-refractivity contribution in [1.29, 1.82) is 0 Å². The predicted octanol–water partition coefficient (Wildman–Crippen LogP) is 15.9. The third-order valence-corrected chi connectivity index (χ3v) is 20.8. The molecule has 4 aliphatic rings. The Balaban J connectivity index is 0.000000194. The molecule has 3 N–H and O–H groups in total. The number of carbonyl (C=O) groups is 2. The standard InChI is InChI=1S/C41H44F2N4O5.C40H42F2N4O5.H2O/c1-24-16-18-46(21-24)22-27-14-15-33(44-38(27)49-4)31-11-6-9-29(25(31)2)30-10-7-12-32(26(30)3)39-45-34-19-28(36(52-41(42)43)20-37(34)51-39)23-47-17-8-13-35(47)40(48)50-5;1-23-15-17-45(20-23)21-26-13-14-32(43-37(26)49-4)30-10-5-8-28(24(30)2)29-9-6-11-31(25(29)3)38-44-33-18-27(22-46-16-7-12-34(46)39(47)48)35(51-40(41)42)19-36(33)50-38;/h6-7,9-12,14-15,19-20,24,35,41H,8,13,16-18,21-23H2,1-5H3;5-6,8-11,13-14,18-19,23,34,40H,7,12,15-17,20-22H2,1-4H3,(H,47,48);1H2/t24-,35-;23-,34-;/m00./s1. The first kappa shape index (κ1) is 74.0. The molecule has 4 fully saturated rings. The Hall–Kier alpha value is -9.78. The molecule has 0 aliphatic carbocycles. The van der Waals surface area contributed by atoms with E-state index in [9.17, 15) is 32.3 Å². The first-order valence-electron chi connectivity index (χ1n) is 35.2. The molecule has 6 aromatic carbocycles. The highest BCUT2D eigenvalue weighted by Crippen LogP contribution is 2.43. The molecule has 4 saturated heterocycles. The molecule has 0 bridgehead atoms. The summed E-state index contributed by atoms with van der Waals surface area (Å²) in [7, 11) is 4.70. The molecule has 4 aliphatic heterocycles. The Kier molecular flexibility index (Phi) is 22.8. The van der Waals surface area contributed by atoms with E-state index in [2.05, 4.69) is 98.2 Å². The molecule has 8 heterocycles. The van der Waals surface area contributed by atoms with Gasteiger partial charge >= 0.3 is 25.2 Å². The topological polar surface area (TPSA) is 223 Å². The third-order valence-electron chi connectivity index (χ3n) is 20.8. The second-order valence-corrected chi connectivity index (χ2v) is 27.7. The van der Waals surface area contributed by atoms with Gasteiger partial charge in [0, 0.05) is 95.9 Å². The highest BCUT2D eigenvalue weighted by molar-refractivity contribution is 5.87. The van der Waals surface area contributed by atoms with E-state index in [1.807, 2.05) is 55.1 Å². The van der Waals surface area contributed by atoms with Crippen LogP contribution < -0.4 is 18.9 Å². The molecule has 23 heteroatoms. The number of benzene rings is 6. The van der Waals surface area contributed by atoms with Crippen LogP contribution in [-0.4, -0.2) is 148 Å².